The van der Waals surface area contributed by atoms with E-state index < -0.39 is 22.5 Å². The number of nitrogens with zero attached hydrogens (tertiary/aromatic N) is 3. The lowest BCUT2D eigenvalue weighted by Gasteiger charge is -2.25. The highest BCUT2D eigenvalue weighted by molar-refractivity contribution is 7.07. The van der Waals surface area contributed by atoms with Crippen LogP contribution in [-0.2, 0) is 9.53 Å². The van der Waals surface area contributed by atoms with Gasteiger partial charge < -0.3 is 9.15 Å². The molecule has 1 atom stereocenters. The lowest BCUT2D eigenvalue weighted by molar-refractivity contribution is -0.384. The van der Waals surface area contributed by atoms with E-state index >= 15 is 0 Å². The highest BCUT2D eigenvalue weighted by Crippen LogP contribution is 2.34. The van der Waals surface area contributed by atoms with E-state index in [4.69, 9.17) is 20.8 Å². The quantitative estimate of drug-likeness (QED) is 0.214. The normalized spacial score (nSPS) is 15.3. The van der Waals surface area contributed by atoms with Crippen molar-refractivity contribution >= 4 is 40.7 Å². The number of nitro benzene ring substituents is 1. The Hall–Kier alpha value is -4.28. The predicted octanol–water partition coefficient (Wildman–Crippen LogP) is 4.23. The van der Waals surface area contributed by atoms with E-state index in [1.54, 1.807) is 67.6 Å². The second kappa shape index (κ2) is 9.64. The van der Waals surface area contributed by atoms with E-state index in [1.165, 1.54) is 17.7 Å². The lowest BCUT2D eigenvalue weighted by Crippen LogP contribution is -2.39. The standard InChI is InChI=1S/C26H18ClN3O6S/c1-14-22(25(32)35-2)23(16-7-3-5-9-18(16)27)29-24(31)21(37-26(29)28-14)13-15-11-12-20(36-15)17-8-4-6-10-19(17)30(33)34/h3-13,23H,1-2H3/b21-13+/t23-/m0/s1. The molecule has 37 heavy (non-hydrogen) atoms. The number of carbonyl (C=O) groups excluding carboxylic acids is 1. The number of hydrogen-bond acceptors (Lipinski definition) is 8. The van der Waals surface area contributed by atoms with Crippen LogP contribution in [0, 0.1) is 10.1 Å². The molecule has 186 valence electrons. The van der Waals surface area contributed by atoms with Crippen LogP contribution in [0.5, 0.6) is 0 Å². The summed E-state index contributed by atoms with van der Waals surface area (Å²) in [5, 5.41) is 11.8. The molecular formula is C26H18ClN3O6S. The van der Waals surface area contributed by atoms with Crippen LogP contribution in [0.1, 0.15) is 24.3 Å². The fourth-order valence-corrected chi connectivity index (χ4v) is 5.50. The number of furan rings is 1. The molecule has 2 aromatic carbocycles. The molecule has 0 N–H and O–H groups in total. The second-order valence-corrected chi connectivity index (χ2v) is 9.49. The van der Waals surface area contributed by atoms with Gasteiger partial charge in [-0.25, -0.2) is 9.79 Å². The van der Waals surface area contributed by atoms with Crippen LogP contribution >= 0.6 is 22.9 Å². The van der Waals surface area contributed by atoms with Crippen molar-refractivity contribution in [1.82, 2.24) is 4.57 Å². The number of ether oxygens (including phenoxy) is 1. The van der Waals surface area contributed by atoms with Crippen molar-refractivity contribution in [3.05, 3.63) is 118 Å². The third-order valence-corrected chi connectivity index (χ3v) is 7.22. The first-order valence-corrected chi connectivity index (χ1v) is 12.2. The van der Waals surface area contributed by atoms with Crippen LogP contribution in [0.25, 0.3) is 17.4 Å². The van der Waals surface area contributed by atoms with E-state index in [-0.39, 0.29) is 11.3 Å². The number of esters is 1. The molecule has 5 rings (SSSR count). The summed E-state index contributed by atoms with van der Waals surface area (Å²) in [6, 6.07) is 15.6. The summed E-state index contributed by atoms with van der Waals surface area (Å²) in [6.45, 7) is 1.68. The molecule has 1 aliphatic rings. The Morgan fingerprint density at radius 3 is 2.65 bits per heavy atom. The maximum atomic E-state index is 13.6. The van der Waals surface area contributed by atoms with Crippen LogP contribution in [0.15, 0.2) is 86.1 Å². The molecule has 0 aliphatic carbocycles. The first kappa shape index (κ1) is 24.4. The number of thiazole rings is 1. The number of fused-ring (bicyclic) bond motifs is 1. The molecule has 4 aromatic rings. The van der Waals surface area contributed by atoms with Gasteiger partial charge in [0, 0.05) is 17.2 Å². The van der Waals surface area contributed by atoms with Crippen LogP contribution < -0.4 is 14.9 Å². The number of rotatable bonds is 5. The van der Waals surface area contributed by atoms with Gasteiger partial charge in [0.1, 0.15) is 17.6 Å². The van der Waals surface area contributed by atoms with Crippen molar-refractivity contribution in [2.75, 3.05) is 7.11 Å². The SMILES string of the molecule is COC(=O)C1=C(C)N=c2s/c(=C/c3ccc(-c4ccccc4[N+](=O)[O-])o3)c(=O)n2[C@H]1c1ccccc1Cl. The van der Waals surface area contributed by atoms with Crippen molar-refractivity contribution in [3.63, 3.8) is 0 Å². The highest BCUT2D eigenvalue weighted by atomic mass is 35.5. The third-order valence-electron chi connectivity index (χ3n) is 5.89. The topological polar surface area (TPSA) is 117 Å². The Labute approximate surface area is 218 Å². The summed E-state index contributed by atoms with van der Waals surface area (Å²) in [5.74, 6) is 0.0151. The fraction of sp³-hybridized carbons (Fsp3) is 0.115. The number of carbonyl (C=O) groups is 1. The minimum Gasteiger partial charge on any atom is -0.466 e. The van der Waals surface area contributed by atoms with Gasteiger partial charge in [-0.2, -0.15) is 0 Å². The molecule has 0 amide bonds. The Kier molecular flexibility index (Phi) is 6.36. The van der Waals surface area contributed by atoms with Gasteiger partial charge in [-0.1, -0.05) is 53.3 Å². The minimum absolute atomic E-state index is 0.0895. The lowest BCUT2D eigenvalue weighted by atomic mass is 9.96. The Balaban J connectivity index is 1.66. The third kappa shape index (κ3) is 4.30. The van der Waals surface area contributed by atoms with E-state index in [0.29, 0.717) is 42.7 Å². The highest BCUT2D eigenvalue weighted by Gasteiger charge is 2.34. The van der Waals surface area contributed by atoms with Gasteiger partial charge in [0.15, 0.2) is 4.80 Å². The van der Waals surface area contributed by atoms with Gasteiger partial charge in [-0.15, -0.1) is 0 Å². The zero-order chi connectivity index (χ0) is 26.3. The monoisotopic (exact) mass is 535 g/mol. The molecule has 0 saturated heterocycles. The number of methoxy groups -OCH3 is 1. The van der Waals surface area contributed by atoms with Crippen molar-refractivity contribution in [2.45, 2.75) is 13.0 Å². The number of nitro groups is 1. The molecule has 0 spiro atoms. The molecule has 11 heteroatoms. The summed E-state index contributed by atoms with van der Waals surface area (Å²) in [5.41, 5.74) is 1.03. The summed E-state index contributed by atoms with van der Waals surface area (Å²) < 4.78 is 12.6. The maximum absolute atomic E-state index is 13.6. The average molecular weight is 536 g/mol. The summed E-state index contributed by atoms with van der Waals surface area (Å²) in [7, 11) is 1.27. The van der Waals surface area contributed by atoms with Crippen molar-refractivity contribution in [2.24, 2.45) is 4.99 Å². The summed E-state index contributed by atoms with van der Waals surface area (Å²) in [4.78, 5) is 42.2. The second-order valence-electron chi connectivity index (χ2n) is 8.07. The van der Waals surface area contributed by atoms with Crippen molar-refractivity contribution < 1.29 is 18.9 Å². The molecular weight excluding hydrogens is 518 g/mol. The number of allylic oxidation sites excluding steroid dienone is 1. The Bertz CT molecular complexity index is 1780. The molecule has 1 aliphatic heterocycles. The van der Waals surface area contributed by atoms with Crippen LogP contribution in [0.3, 0.4) is 0 Å². The van der Waals surface area contributed by atoms with Gasteiger partial charge in [0.2, 0.25) is 0 Å². The molecule has 0 bridgehead atoms. The van der Waals surface area contributed by atoms with Gasteiger partial charge in [-0.05, 0) is 36.8 Å². The Morgan fingerprint density at radius 1 is 1.19 bits per heavy atom. The maximum Gasteiger partial charge on any atom is 0.338 e. The van der Waals surface area contributed by atoms with Gasteiger partial charge in [0.25, 0.3) is 11.2 Å². The average Bonchev–Trinajstić information content (AvgIpc) is 3.47. The number of hydrogen-bond donors (Lipinski definition) is 0. The summed E-state index contributed by atoms with van der Waals surface area (Å²) >= 11 is 7.61. The fourth-order valence-electron chi connectivity index (χ4n) is 4.23. The largest absolute Gasteiger partial charge is 0.466 e. The zero-order valence-corrected chi connectivity index (χ0v) is 21.1. The van der Waals surface area contributed by atoms with E-state index in [9.17, 15) is 19.7 Å². The number of halogens is 1. The first-order valence-electron chi connectivity index (χ1n) is 11.0. The molecule has 0 fully saturated rings. The van der Waals surface area contributed by atoms with E-state index in [2.05, 4.69) is 4.99 Å². The van der Waals surface area contributed by atoms with Crippen LogP contribution in [-0.4, -0.2) is 22.6 Å². The first-order chi connectivity index (χ1) is 17.8. The molecule has 0 unspecified atom stereocenters. The van der Waals surface area contributed by atoms with Crippen LogP contribution in [0.2, 0.25) is 5.02 Å². The van der Waals surface area contributed by atoms with Gasteiger partial charge >= 0.3 is 5.97 Å². The summed E-state index contributed by atoms with van der Waals surface area (Å²) in [6.07, 6.45) is 1.54. The molecule has 3 heterocycles. The van der Waals surface area contributed by atoms with E-state index in [0.717, 1.165) is 11.3 Å². The molecule has 2 aromatic heterocycles. The van der Waals surface area contributed by atoms with Gasteiger partial charge in [-0.3, -0.25) is 19.5 Å². The van der Waals surface area contributed by atoms with Crippen molar-refractivity contribution in [3.8, 4) is 11.3 Å². The van der Waals surface area contributed by atoms with Gasteiger partial charge in [0.05, 0.1) is 33.4 Å². The number of para-hydroxylation sites is 1. The molecule has 0 radical (unpaired) electrons. The van der Waals surface area contributed by atoms with Crippen LogP contribution in [0.4, 0.5) is 5.69 Å². The molecule has 9 nitrogen and oxygen atoms in total. The minimum atomic E-state index is -0.835. The Morgan fingerprint density at radius 2 is 1.92 bits per heavy atom. The number of benzene rings is 2. The molecule has 0 saturated carbocycles. The van der Waals surface area contributed by atoms with E-state index in [1.807, 2.05) is 0 Å². The van der Waals surface area contributed by atoms with Crippen molar-refractivity contribution in [1.29, 1.82) is 0 Å². The number of aromatic nitrogens is 1. The zero-order valence-electron chi connectivity index (χ0n) is 19.5. The predicted molar refractivity (Wildman–Crippen MR) is 138 cm³/mol. The smallest absolute Gasteiger partial charge is 0.338 e.